The van der Waals surface area contributed by atoms with Crippen molar-refractivity contribution in [3.05, 3.63) is 29.3 Å². The molecule has 2 N–H and O–H groups in total. The minimum Gasteiger partial charge on any atom is -0.353 e. The Kier molecular flexibility index (Phi) is 8.97. The van der Waals surface area contributed by atoms with E-state index in [2.05, 4.69) is 15.5 Å². The van der Waals surface area contributed by atoms with E-state index >= 15 is 0 Å². The second kappa shape index (κ2) is 12.2. The highest BCUT2D eigenvalue weighted by Crippen LogP contribution is 2.43. The van der Waals surface area contributed by atoms with E-state index in [1.165, 1.54) is 82.4 Å². The van der Waals surface area contributed by atoms with Gasteiger partial charge in [0.1, 0.15) is 6.04 Å². The number of carbonyl (C=O) groups is 2. The summed E-state index contributed by atoms with van der Waals surface area (Å²) in [4.78, 5) is 28.5. The number of sulfonamides is 1. The monoisotopic (exact) mass is 564 g/mol. The van der Waals surface area contributed by atoms with Crippen LogP contribution in [0.15, 0.2) is 29.2 Å². The number of hydrogen-bond donors (Lipinski definition) is 2. The van der Waals surface area contributed by atoms with Gasteiger partial charge in [-0.3, -0.25) is 9.59 Å². The molecule has 2 amide bonds. The van der Waals surface area contributed by atoms with Crippen molar-refractivity contribution in [2.75, 3.05) is 32.7 Å². The minimum absolute atomic E-state index is 0.0659. The lowest BCUT2D eigenvalue weighted by atomic mass is 9.66. The first-order valence-electron chi connectivity index (χ1n) is 14.4. The highest BCUT2D eigenvalue weighted by Gasteiger charge is 2.41. The maximum atomic E-state index is 13.3. The zero-order chi connectivity index (χ0) is 26.7. The number of hydrogen-bond acceptors (Lipinski definition) is 5. The molecule has 210 valence electrons. The summed E-state index contributed by atoms with van der Waals surface area (Å²) in [5, 5.41) is 6.31. The number of amides is 2. The van der Waals surface area contributed by atoms with E-state index in [0.717, 1.165) is 35.4 Å². The van der Waals surface area contributed by atoms with E-state index in [1.54, 1.807) is 0 Å². The average Bonchev–Trinajstić information content (AvgIpc) is 2.90. The fraction of sp³-hybridized carbons (Fsp3) is 0.714. The van der Waals surface area contributed by atoms with Gasteiger partial charge in [0.05, 0.1) is 11.3 Å². The van der Waals surface area contributed by atoms with Crippen molar-refractivity contribution in [3.8, 4) is 0 Å². The lowest BCUT2D eigenvalue weighted by Gasteiger charge is -2.43. The highest BCUT2D eigenvalue weighted by molar-refractivity contribution is 7.89. The largest absolute Gasteiger partial charge is 0.353 e. The number of carbonyl (C=O) groups excluding carboxylic acids is 2. The van der Waals surface area contributed by atoms with Crippen LogP contribution >= 0.6 is 11.6 Å². The quantitative estimate of drug-likeness (QED) is 0.529. The molecule has 1 aromatic rings. The van der Waals surface area contributed by atoms with E-state index in [-0.39, 0.29) is 36.4 Å². The molecule has 2 saturated heterocycles. The molecule has 0 radical (unpaired) electrons. The van der Waals surface area contributed by atoms with Crippen LogP contribution < -0.4 is 10.6 Å². The molecular formula is C28H41ClN4O4S. The first-order chi connectivity index (χ1) is 18.3. The van der Waals surface area contributed by atoms with Crippen molar-refractivity contribution >= 4 is 33.4 Å². The van der Waals surface area contributed by atoms with Crippen LogP contribution in [-0.4, -0.2) is 74.2 Å². The lowest BCUT2D eigenvalue weighted by molar-refractivity contribution is -0.132. The minimum atomic E-state index is -3.94. The Morgan fingerprint density at radius 3 is 2.45 bits per heavy atom. The van der Waals surface area contributed by atoms with Crippen molar-refractivity contribution in [2.45, 2.75) is 81.2 Å². The molecule has 2 saturated carbocycles. The molecule has 0 spiro atoms. The summed E-state index contributed by atoms with van der Waals surface area (Å²) < 4.78 is 27.8. The Bertz CT molecular complexity index is 1090. The molecule has 0 unspecified atom stereocenters. The zero-order valence-corrected chi connectivity index (χ0v) is 23.7. The van der Waals surface area contributed by atoms with Crippen LogP contribution in [0.1, 0.15) is 64.2 Å². The number of nitrogens with one attached hydrogen (secondary N) is 2. The molecule has 5 atom stereocenters. The molecule has 4 fully saturated rings. The smallest absolute Gasteiger partial charge is 0.243 e. The number of nitrogens with zero attached hydrogens (tertiary/aromatic N) is 2. The molecule has 2 heterocycles. The van der Waals surface area contributed by atoms with Crippen molar-refractivity contribution in [3.63, 3.8) is 0 Å². The molecule has 2 aliphatic heterocycles. The van der Waals surface area contributed by atoms with Gasteiger partial charge in [-0.1, -0.05) is 18.0 Å². The van der Waals surface area contributed by atoms with Gasteiger partial charge in [-0.15, -0.1) is 0 Å². The molecule has 38 heavy (non-hydrogen) atoms. The first-order valence-corrected chi connectivity index (χ1v) is 16.2. The molecule has 0 aromatic heterocycles. The van der Waals surface area contributed by atoms with Crippen LogP contribution in [0, 0.1) is 17.8 Å². The highest BCUT2D eigenvalue weighted by atomic mass is 35.5. The van der Waals surface area contributed by atoms with Gasteiger partial charge in [0.15, 0.2) is 0 Å². The van der Waals surface area contributed by atoms with E-state index in [1.807, 2.05) is 0 Å². The van der Waals surface area contributed by atoms with Gasteiger partial charge < -0.3 is 15.5 Å². The van der Waals surface area contributed by atoms with Crippen LogP contribution in [0.2, 0.25) is 5.02 Å². The average molecular weight is 565 g/mol. The fourth-order valence-corrected chi connectivity index (χ4v) is 8.88. The van der Waals surface area contributed by atoms with Gasteiger partial charge in [0.2, 0.25) is 21.8 Å². The Morgan fingerprint density at radius 2 is 1.68 bits per heavy atom. The van der Waals surface area contributed by atoms with Crippen LogP contribution in [0.4, 0.5) is 0 Å². The molecule has 1 aromatic carbocycles. The van der Waals surface area contributed by atoms with Crippen LogP contribution in [0.25, 0.3) is 0 Å². The van der Waals surface area contributed by atoms with Gasteiger partial charge in [0.25, 0.3) is 0 Å². The van der Waals surface area contributed by atoms with Gasteiger partial charge in [0, 0.05) is 30.7 Å². The molecule has 4 aliphatic rings. The van der Waals surface area contributed by atoms with Crippen molar-refractivity contribution < 1.29 is 18.0 Å². The van der Waals surface area contributed by atoms with Crippen molar-refractivity contribution in [1.29, 1.82) is 0 Å². The molecule has 2 aliphatic carbocycles. The van der Waals surface area contributed by atoms with E-state index in [0.29, 0.717) is 10.9 Å². The zero-order valence-electron chi connectivity index (χ0n) is 22.1. The molecular weight excluding hydrogens is 524 g/mol. The third-order valence-corrected chi connectivity index (χ3v) is 11.3. The molecule has 8 nitrogen and oxygen atoms in total. The Labute approximate surface area is 231 Å². The van der Waals surface area contributed by atoms with Crippen LogP contribution in [-0.2, 0) is 19.6 Å². The van der Waals surface area contributed by atoms with Gasteiger partial charge >= 0.3 is 0 Å². The van der Waals surface area contributed by atoms with Crippen LogP contribution in [0.3, 0.4) is 0 Å². The number of piperidine rings is 1. The first kappa shape index (κ1) is 27.9. The van der Waals surface area contributed by atoms with E-state index in [9.17, 15) is 18.0 Å². The number of fused-ring (bicyclic) bond motifs is 1. The lowest BCUT2D eigenvalue weighted by Crippen LogP contribution is -2.58. The Balaban J connectivity index is 1.14. The summed E-state index contributed by atoms with van der Waals surface area (Å²) in [7, 11) is -3.94. The Morgan fingerprint density at radius 1 is 0.974 bits per heavy atom. The molecule has 5 rings (SSSR count). The van der Waals surface area contributed by atoms with Gasteiger partial charge in [-0.05, 0) is 106 Å². The van der Waals surface area contributed by atoms with Crippen LogP contribution in [0.5, 0.6) is 0 Å². The number of piperazine rings is 1. The summed E-state index contributed by atoms with van der Waals surface area (Å²) in [6.45, 7) is 4.11. The maximum Gasteiger partial charge on any atom is 0.243 e. The molecule has 10 heteroatoms. The predicted molar refractivity (Wildman–Crippen MR) is 147 cm³/mol. The number of likely N-dealkylation sites (tertiary alicyclic amines) is 1. The number of rotatable bonds is 7. The topological polar surface area (TPSA) is 98.8 Å². The SMILES string of the molecule is O=C(C[C@@H]1C(=O)NCCN1S(=O)(=O)c1ccc(Cl)cc1)N[C@@H]1CC[C@@H]2C[C@H](CN3CCCCC3)CC[C@@H]2C1. The normalized spacial score (nSPS) is 31.3. The number of benzene rings is 1. The second-order valence-corrected chi connectivity index (χ2v) is 14.0. The second-order valence-electron chi connectivity index (χ2n) is 11.7. The van der Waals surface area contributed by atoms with Crippen molar-refractivity contribution in [1.82, 2.24) is 19.8 Å². The van der Waals surface area contributed by atoms with E-state index in [4.69, 9.17) is 11.6 Å². The van der Waals surface area contributed by atoms with E-state index < -0.39 is 22.0 Å². The summed E-state index contributed by atoms with van der Waals surface area (Å²) in [5.41, 5.74) is 0. The summed E-state index contributed by atoms with van der Waals surface area (Å²) in [6, 6.07) is 4.92. The van der Waals surface area contributed by atoms with Gasteiger partial charge in [-0.2, -0.15) is 4.31 Å². The summed E-state index contributed by atoms with van der Waals surface area (Å²) in [6.07, 6.45) is 10.8. The number of halogens is 1. The third-order valence-electron chi connectivity index (χ3n) is 9.13. The standard InChI is InChI=1S/C28H41ClN4O4S/c29-23-7-10-25(11-8-23)38(36,37)33-15-12-30-28(35)26(33)18-27(34)31-24-9-6-21-16-20(4-5-22(21)17-24)19-32-13-2-1-3-14-32/h7-8,10-11,20-22,24,26H,1-6,9,12-19H2,(H,30,35)(H,31,34)/t20-,21-,22-,24-,26-/m1/s1. The summed E-state index contributed by atoms with van der Waals surface area (Å²) in [5.74, 6) is 1.51. The Hall–Kier alpha value is -1.68. The predicted octanol–water partition coefficient (Wildman–Crippen LogP) is 3.41. The van der Waals surface area contributed by atoms with Gasteiger partial charge in [-0.25, -0.2) is 8.42 Å². The third kappa shape index (κ3) is 6.54. The maximum absolute atomic E-state index is 13.3. The fourth-order valence-electron chi connectivity index (χ4n) is 7.17. The van der Waals surface area contributed by atoms with Crippen molar-refractivity contribution in [2.24, 2.45) is 17.8 Å². The summed E-state index contributed by atoms with van der Waals surface area (Å²) >= 11 is 5.92. The molecule has 0 bridgehead atoms.